The van der Waals surface area contributed by atoms with Crippen LogP contribution in [0.4, 0.5) is 0 Å². The van der Waals surface area contributed by atoms with Gasteiger partial charge in [-0.2, -0.15) is 0 Å². The Balaban J connectivity index is 1.55. The molecule has 1 aromatic heterocycles. The van der Waals surface area contributed by atoms with Gasteiger partial charge in [-0.3, -0.25) is 9.88 Å². The van der Waals surface area contributed by atoms with Crippen LogP contribution in [0.5, 0.6) is 0 Å². The second-order valence-electron chi connectivity index (χ2n) is 9.12. The number of rotatable bonds is 6. The Bertz CT molecular complexity index is 1190. The lowest BCUT2D eigenvalue weighted by Gasteiger charge is -2.47. The van der Waals surface area contributed by atoms with Gasteiger partial charge in [0.15, 0.2) is 0 Å². The zero-order chi connectivity index (χ0) is 23.7. The lowest BCUT2D eigenvalue weighted by atomic mass is 9.79. The third-order valence-electron chi connectivity index (χ3n) is 7.16. The normalized spacial score (nSPS) is 24.2. The first-order valence-corrected chi connectivity index (χ1v) is 12.2. The van der Waals surface area contributed by atoms with E-state index in [1.165, 1.54) is 0 Å². The van der Waals surface area contributed by atoms with Crippen LogP contribution < -0.4 is 0 Å². The highest BCUT2D eigenvalue weighted by molar-refractivity contribution is 6.32. The van der Waals surface area contributed by atoms with Crippen molar-refractivity contribution in [2.75, 3.05) is 0 Å². The number of benzene rings is 2. The predicted octanol–water partition coefficient (Wildman–Crippen LogP) is 6.80. The Morgan fingerprint density at radius 1 is 1.00 bits per heavy atom. The van der Waals surface area contributed by atoms with Crippen molar-refractivity contribution >= 4 is 23.2 Å². The number of nitrogens with zero attached hydrogens (tertiary/aromatic N) is 5. The zero-order valence-corrected chi connectivity index (χ0v) is 20.1. The van der Waals surface area contributed by atoms with Crippen LogP contribution in [0.2, 0.25) is 10.0 Å². The molecule has 0 aliphatic carbocycles. The fraction of sp³-hybridized carbons (Fsp3) is 0.346. The summed E-state index contributed by atoms with van der Waals surface area (Å²) in [7, 11) is 0. The van der Waals surface area contributed by atoms with Crippen LogP contribution >= 0.6 is 23.2 Å². The SMILES string of the molecule is [N-]=[N+]=NCc1cccnc1C1(O)CC2CCC(C1)N2C(c1ccccc1Cl)c1ccccc1Cl. The van der Waals surface area contributed by atoms with Crippen LogP contribution in [0.1, 0.15) is 54.1 Å². The molecule has 0 radical (unpaired) electrons. The van der Waals surface area contributed by atoms with Gasteiger partial charge < -0.3 is 5.11 Å². The van der Waals surface area contributed by atoms with Gasteiger partial charge in [-0.15, -0.1) is 0 Å². The smallest absolute Gasteiger partial charge is 0.110 e. The van der Waals surface area contributed by atoms with E-state index in [4.69, 9.17) is 28.7 Å². The third kappa shape index (κ3) is 4.17. The van der Waals surface area contributed by atoms with Gasteiger partial charge in [0.05, 0.1) is 18.3 Å². The summed E-state index contributed by atoms with van der Waals surface area (Å²) < 4.78 is 0. The molecule has 2 saturated heterocycles. The van der Waals surface area contributed by atoms with E-state index in [1.54, 1.807) is 6.20 Å². The second kappa shape index (κ2) is 9.57. The molecular weight excluding hydrogens is 469 g/mol. The van der Waals surface area contributed by atoms with Crippen LogP contribution in [0.15, 0.2) is 72.0 Å². The van der Waals surface area contributed by atoms with Gasteiger partial charge in [0.2, 0.25) is 0 Å². The number of piperidine rings is 1. The Morgan fingerprint density at radius 2 is 1.59 bits per heavy atom. The quantitative estimate of drug-likeness (QED) is 0.232. The summed E-state index contributed by atoms with van der Waals surface area (Å²) in [5.41, 5.74) is 11.1. The summed E-state index contributed by atoms with van der Waals surface area (Å²) in [6.45, 7) is 0.170. The van der Waals surface area contributed by atoms with E-state index in [0.29, 0.717) is 28.6 Å². The highest BCUT2D eigenvalue weighted by atomic mass is 35.5. The largest absolute Gasteiger partial charge is 0.383 e. The van der Waals surface area contributed by atoms with Crippen molar-refractivity contribution in [3.8, 4) is 0 Å². The molecule has 3 heterocycles. The first kappa shape index (κ1) is 23.2. The Hall–Kier alpha value is -2.60. The molecule has 3 aromatic rings. The molecule has 174 valence electrons. The van der Waals surface area contributed by atoms with E-state index >= 15 is 0 Å². The lowest BCUT2D eigenvalue weighted by Crippen LogP contribution is -2.51. The Kier molecular flexibility index (Phi) is 6.52. The highest BCUT2D eigenvalue weighted by Crippen LogP contribution is 2.51. The van der Waals surface area contributed by atoms with Gasteiger partial charge in [-0.1, -0.05) is 70.8 Å². The van der Waals surface area contributed by atoms with E-state index in [1.807, 2.05) is 48.5 Å². The molecule has 2 aliphatic heterocycles. The van der Waals surface area contributed by atoms with E-state index in [0.717, 1.165) is 29.5 Å². The maximum atomic E-state index is 11.9. The summed E-state index contributed by atoms with van der Waals surface area (Å²) in [6, 6.07) is 19.6. The highest BCUT2D eigenvalue weighted by Gasteiger charge is 2.52. The number of hydrogen-bond donors (Lipinski definition) is 1. The van der Waals surface area contributed by atoms with E-state index < -0.39 is 5.60 Å². The number of fused-ring (bicyclic) bond motifs is 2. The van der Waals surface area contributed by atoms with Crippen molar-refractivity contribution < 1.29 is 5.11 Å². The number of halogens is 2. The van der Waals surface area contributed by atoms with Crippen LogP contribution in [-0.4, -0.2) is 27.1 Å². The van der Waals surface area contributed by atoms with Gasteiger partial charge in [-0.25, -0.2) is 0 Å². The minimum absolute atomic E-state index is 0.115. The molecule has 5 rings (SSSR count). The van der Waals surface area contributed by atoms with Gasteiger partial charge in [0.25, 0.3) is 0 Å². The number of pyridine rings is 1. The lowest BCUT2D eigenvalue weighted by molar-refractivity contribution is -0.0689. The fourth-order valence-electron chi connectivity index (χ4n) is 5.85. The van der Waals surface area contributed by atoms with Gasteiger partial charge in [0.1, 0.15) is 5.60 Å². The monoisotopic (exact) mass is 493 g/mol. The Labute approximate surface area is 208 Å². The minimum Gasteiger partial charge on any atom is -0.383 e. The first-order chi connectivity index (χ1) is 16.5. The zero-order valence-electron chi connectivity index (χ0n) is 18.6. The minimum atomic E-state index is -1.09. The molecule has 8 heteroatoms. The topological polar surface area (TPSA) is 85.1 Å². The molecule has 34 heavy (non-hydrogen) atoms. The van der Waals surface area contributed by atoms with Crippen molar-refractivity contribution in [1.82, 2.24) is 9.88 Å². The standard InChI is InChI=1S/C26H25Cl2N5O/c27-22-9-3-1-7-20(22)24(21-8-2-4-10-23(21)28)33-18-11-12-19(33)15-26(34,14-18)25-17(16-31-32-29)6-5-13-30-25/h1-10,13,18-19,24,34H,11-12,14-16H2. The molecule has 2 bridgehead atoms. The molecule has 2 fully saturated rings. The summed E-state index contributed by atoms with van der Waals surface area (Å²) >= 11 is 13.4. The van der Waals surface area contributed by atoms with E-state index in [9.17, 15) is 5.11 Å². The molecule has 2 unspecified atom stereocenters. The van der Waals surface area contributed by atoms with Crippen molar-refractivity contribution in [3.05, 3.63) is 110 Å². The second-order valence-corrected chi connectivity index (χ2v) is 9.93. The molecule has 2 aromatic carbocycles. The van der Waals surface area contributed by atoms with E-state index in [2.05, 4.69) is 32.0 Å². The Morgan fingerprint density at radius 3 is 2.15 bits per heavy atom. The molecule has 0 amide bonds. The molecular formula is C26H25Cl2N5O. The molecule has 0 saturated carbocycles. The van der Waals surface area contributed by atoms with Crippen LogP contribution in [0.3, 0.4) is 0 Å². The maximum Gasteiger partial charge on any atom is 0.110 e. The summed E-state index contributed by atoms with van der Waals surface area (Å²) in [6.07, 6.45) is 4.70. The van der Waals surface area contributed by atoms with Crippen molar-refractivity contribution in [1.29, 1.82) is 0 Å². The number of azide groups is 1. The first-order valence-electron chi connectivity index (χ1n) is 11.5. The molecule has 2 aliphatic rings. The number of aliphatic hydroxyl groups is 1. The van der Waals surface area contributed by atoms with Gasteiger partial charge >= 0.3 is 0 Å². The fourth-order valence-corrected chi connectivity index (χ4v) is 6.33. The van der Waals surface area contributed by atoms with Crippen molar-refractivity contribution in [3.63, 3.8) is 0 Å². The number of aromatic nitrogens is 1. The average molecular weight is 494 g/mol. The van der Waals surface area contributed by atoms with E-state index in [-0.39, 0.29) is 24.7 Å². The summed E-state index contributed by atoms with van der Waals surface area (Å²) in [5.74, 6) is 0. The van der Waals surface area contributed by atoms with Crippen LogP contribution in [0, 0.1) is 0 Å². The maximum absolute atomic E-state index is 11.9. The predicted molar refractivity (Wildman–Crippen MR) is 134 cm³/mol. The summed E-state index contributed by atoms with van der Waals surface area (Å²) in [4.78, 5) is 9.92. The third-order valence-corrected chi connectivity index (χ3v) is 7.85. The molecule has 6 nitrogen and oxygen atoms in total. The van der Waals surface area contributed by atoms with Crippen molar-refractivity contribution in [2.24, 2.45) is 5.11 Å². The molecule has 2 atom stereocenters. The number of hydrogen-bond acceptors (Lipinski definition) is 4. The summed E-state index contributed by atoms with van der Waals surface area (Å²) in [5, 5.41) is 17.0. The van der Waals surface area contributed by atoms with Gasteiger partial charge in [0, 0.05) is 33.2 Å². The van der Waals surface area contributed by atoms with Crippen LogP contribution in [-0.2, 0) is 12.1 Å². The average Bonchev–Trinajstić information content (AvgIpc) is 3.11. The molecule has 0 spiro atoms. The molecule has 1 N–H and O–H groups in total. The van der Waals surface area contributed by atoms with Gasteiger partial charge in [-0.05, 0) is 66.1 Å². The van der Waals surface area contributed by atoms with Crippen molar-refractivity contribution in [2.45, 2.75) is 56.0 Å². The van der Waals surface area contributed by atoms with Crippen LogP contribution in [0.25, 0.3) is 10.4 Å².